The lowest BCUT2D eigenvalue weighted by atomic mass is 10.1. The zero-order valence-corrected chi connectivity index (χ0v) is 13.5. The van der Waals surface area contributed by atoms with Crippen molar-refractivity contribution in [1.29, 1.82) is 0 Å². The summed E-state index contributed by atoms with van der Waals surface area (Å²) in [6.45, 7) is 2.43. The van der Waals surface area contributed by atoms with E-state index in [1.165, 1.54) is 17.8 Å². The average Bonchev–Trinajstić information content (AvgIpc) is 2.99. The summed E-state index contributed by atoms with van der Waals surface area (Å²) in [5.74, 6) is 0. The Morgan fingerprint density at radius 2 is 2.08 bits per heavy atom. The van der Waals surface area contributed by atoms with Crippen LogP contribution >= 0.6 is 12.2 Å². The van der Waals surface area contributed by atoms with Gasteiger partial charge in [0.15, 0.2) is 4.77 Å². The van der Waals surface area contributed by atoms with E-state index in [0.29, 0.717) is 12.1 Å². The Morgan fingerprint density at radius 3 is 2.67 bits per heavy atom. The van der Waals surface area contributed by atoms with Crippen LogP contribution in [0.25, 0.3) is 22.3 Å². The van der Waals surface area contributed by atoms with Gasteiger partial charge in [-0.25, -0.2) is 4.98 Å². The van der Waals surface area contributed by atoms with Gasteiger partial charge < -0.3 is 4.57 Å². The topological polar surface area (TPSA) is 68.5 Å². The van der Waals surface area contributed by atoms with Gasteiger partial charge in [-0.05, 0) is 25.2 Å². The van der Waals surface area contributed by atoms with Crippen LogP contribution in [0.4, 0.5) is 13.2 Å². The largest absolute Gasteiger partial charge is 0.417 e. The Balaban J connectivity index is 2.44. The number of hydrogen-bond acceptors (Lipinski definition) is 4. The Bertz CT molecular complexity index is 1050. The highest BCUT2D eigenvalue weighted by Gasteiger charge is 2.35. The van der Waals surface area contributed by atoms with Crippen LogP contribution in [0, 0.1) is 4.77 Å². The number of hydrogen-bond donors (Lipinski definition) is 1. The van der Waals surface area contributed by atoms with Gasteiger partial charge in [0, 0.05) is 25.4 Å². The van der Waals surface area contributed by atoms with Crippen molar-refractivity contribution in [3.05, 3.63) is 39.1 Å². The molecule has 0 aliphatic rings. The molecule has 24 heavy (non-hydrogen) atoms. The molecule has 0 aromatic carbocycles. The normalized spacial score (nSPS) is 12.0. The smallest absolute Gasteiger partial charge is 0.306 e. The number of halogens is 3. The number of H-pyrrole nitrogens is 1. The Morgan fingerprint density at radius 1 is 1.38 bits per heavy atom. The monoisotopic (exact) mass is 355 g/mol. The lowest BCUT2D eigenvalue weighted by Crippen LogP contribution is -2.19. The number of alkyl halides is 3. The molecule has 3 rings (SSSR count). The molecular formula is C14H12F3N5OS. The molecule has 0 amide bonds. The first-order valence-electron chi connectivity index (χ1n) is 6.96. The third-order valence-corrected chi connectivity index (χ3v) is 4.00. The minimum Gasteiger partial charge on any atom is -0.306 e. The molecule has 1 N–H and O–H groups in total. The number of aromatic amines is 1. The standard InChI is InChI=1S/C14H12F3N5OS/c1-3-22-6-7(5-18-22)9-4-8(14(15,16)17)10-11(19-9)21(2)13(24)20-12(10)23/h4-6H,3H2,1-2H3,(H,20,23,24). The van der Waals surface area contributed by atoms with Crippen LogP contribution < -0.4 is 5.56 Å². The van der Waals surface area contributed by atoms with Crippen LogP contribution in [0.15, 0.2) is 23.3 Å². The van der Waals surface area contributed by atoms with Gasteiger partial charge in [0.05, 0.1) is 22.8 Å². The van der Waals surface area contributed by atoms with Gasteiger partial charge in [-0.15, -0.1) is 0 Å². The quantitative estimate of drug-likeness (QED) is 0.718. The van der Waals surface area contributed by atoms with Gasteiger partial charge in [0.2, 0.25) is 0 Å². The number of aryl methyl sites for hydroxylation is 2. The van der Waals surface area contributed by atoms with Gasteiger partial charge in [-0.3, -0.25) is 14.5 Å². The zero-order chi connectivity index (χ0) is 17.6. The van der Waals surface area contributed by atoms with Crippen LogP contribution in [-0.2, 0) is 19.8 Å². The second-order valence-corrected chi connectivity index (χ2v) is 5.54. The summed E-state index contributed by atoms with van der Waals surface area (Å²) < 4.78 is 43.2. The molecule has 3 heterocycles. The maximum absolute atomic E-state index is 13.5. The molecule has 0 fully saturated rings. The molecule has 0 unspecified atom stereocenters. The van der Waals surface area contributed by atoms with Crippen molar-refractivity contribution >= 4 is 23.3 Å². The molecule has 0 saturated heterocycles. The maximum atomic E-state index is 13.5. The molecule has 0 spiro atoms. The Hall–Kier alpha value is -2.49. The Labute approximate surface area is 138 Å². The summed E-state index contributed by atoms with van der Waals surface area (Å²) in [6, 6.07) is 0.859. The number of nitrogens with one attached hydrogen (secondary N) is 1. The molecule has 0 saturated carbocycles. The van der Waals surface area contributed by atoms with Crippen LogP contribution in [-0.4, -0.2) is 24.3 Å². The molecule has 0 radical (unpaired) electrons. The molecule has 0 bridgehead atoms. The van der Waals surface area contributed by atoms with Gasteiger partial charge >= 0.3 is 6.18 Å². The van der Waals surface area contributed by atoms with Crippen molar-refractivity contribution in [3.63, 3.8) is 0 Å². The molecule has 3 aromatic heterocycles. The summed E-state index contributed by atoms with van der Waals surface area (Å²) in [5.41, 5.74) is -1.60. The van der Waals surface area contributed by atoms with Crippen molar-refractivity contribution in [2.75, 3.05) is 0 Å². The maximum Gasteiger partial charge on any atom is 0.417 e. The first-order valence-corrected chi connectivity index (χ1v) is 7.37. The fraction of sp³-hybridized carbons (Fsp3) is 0.286. The predicted octanol–water partition coefficient (Wildman–Crippen LogP) is 2.89. The molecule has 0 aliphatic carbocycles. The van der Waals surface area contributed by atoms with Crippen molar-refractivity contribution in [3.8, 4) is 11.3 Å². The van der Waals surface area contributed by atoms with Gasteiger partial charge in [0.25, 0.3) is 5.56 Å². The van der Waals surface area contributed by atoms with E-state index in [9.17, 15) is 18.0 Å². The van der Waals surface area contributed by atoms with E-state index in [2.05, 4.69) is 15.1 Å². The van der Waals surface area contributed by atoms with Crippen molar-refractivity contribution in [1.82, 2.24) is 24.3 Å². The summed E-state index contributed by atoms with van der Waals surface area (Å²) in [4.78, 5) is 18.5. The van der Waals surface area contributed by atoms with Crippen molar-refractivity contribution in [2.24, 2.45) is 7.05 Å². The second kappa shape index (κ2) is 5.55. The van der Waals surface area contributed by atoms with Gasteiger partial charge in [-0.1, -0.05) is 0 Å². The van der Waals surface area contributed by atoms with E-state index >= 15 is 0 Å². The zero-order valence-electron chi connectivity index (χ0n) is 12.7. The molecule has 0 atom stereocenters. The summed E-state index contributed by atoms with van der Waals surface area (Å²) in [6.07, 6.45) is -1.69. The van der Waals surface area contributed by atoms with Gasteiger partial charge in [-0.2, -0.15) is 18.3 Å². The molecule has 10 heteroatoms. The lowest BCUT2D eigenvalue weighted by Gasteiger charge is -2.13. The minimum absolute atomic E-state index is 0.00507. The summed E-state index contributed by atoms with van der Waals surface area (Å²) in [7, 11) is 1.45. The summed E-state index contributed by atoms with van der Waals surface area (Å²) >= 11 is 4.96. The molecular weight excluding hydrogens is 343 g/mol. The molecule has 126 valence electrons. The van der Waals surface area contributed by atoms with Crippen LogP contribution in [0.1, 0.15) is 12.5 Å². The van der Waals surface area contributed by atoms with E-state index in [0.717, 1.165) is 6.07 Å². The highest BCUT2D eigenvalue weighted by molar-refractivity contribution is 7.71. The van der Waals surface area contributed by atoms with E-state index < -0.39 is 22.7 Å². The minimum atomic E-state index is -4.71. The highest BCUT2D eigenvalue weighted by Crippen LogP contribution is 2.35. The van der Waals surface area contributed by atoms with Crippen LogP contribution in [0.5, 0.6) is 0 Å². The lowest BCUT2D eigenvalue weighted by molar-refractivity contribution is -0.136. The molecule has 3 aromatic rings. The summed E-state index contributed by atoms with van der Waals surface area (Å²) in [5, 5.41) is 3.50. The second-order valence-electron chi connectivity index (χ2n) is 5.15. The van der Waals surface area contributed by atoms with Gasteiger partial charge in [0.1, 0.15) is 5.65 Å². The van der Waals surface area contributed by atoms with E-state index in [-0.39, 0.29) is 16.1 Å². The fourth-order valence-corrected chi connectivity index (χ4v) is 2.56. The number of nitrogens with zero attached hydrogens (tertiary/aromatic N) is 4. The van der Waals surface area contributed by atoms with Crippen LogP contribution in [0.2, 0.25) is 0 Å². The fourth-order valence-electron chi connectivity index (χ4n) is 2.38. The SMILES string of the molecule is CCn1cc(-c2cc(C(F)(F)F)c3c(=O)[nH]c(=S)n(C)c3n2)cn1. The average molecular weight is 355 g/mol. The van der Waals surface area contributed by atoms with Crippen molar-refractivity contribution < 1.29 is 13.2 Å². The third-order valence-electron chi connectivity index (χ3n) is 3.63. The number of pyridine rings is 1. The highest BCUT2D eigenvalue weighted by atomic mass is 32.1. The van der Waals surface area contributed by atoms with E-state index in [1.54, 1.807) is 10.9 Å². The first kappa shape index (κ1) is 16.4. The number of rotatable bonds is 2. The van der Waals surface area contributed by atoms with Crippen molar-refractivity contribution in [2.45, 2.75) is 19.6 Å². The van der Waals surface area contributed by atoms with E-state index in [1.807, 2.05) is 6.92 Å². The predicted molar refractivity (Wildman–Crippen MR) is 84.1 cm³/mol. The molecule has 6 nitrogen and oxygen atoms in total. The molecule has 0 aliphatic heterocycles. The van der Waals surface area contributed by atoms with Crippen LogP contribution in [0.3, 0.4) is 0 Å². The van der Waals surface area contributed by atoms with E-state index in [4.69, 9.17) is 12.2 Å². The number of aromatic nitrogens is 5. The number of fused-ring (bicyclic) bond motifs is 1. The third kappa shape index (κ3) is 2.62. The Kier molecular flexibility index (Phi) is 3.78. The first-order chi connectivity index (χ1) is 11.2.